The van der Waals surface area contributed by atoms with Gasteiger partial charge >= 0.3 is 0 Å². The lowest BCUT2D eigenvalue weighted by molar-refractivity contribution is 0.569. The average molecular weight is 472 g/mol. The van der Waals surface area contributed by atoms with E-state index >= 15 is 0 Å². The molecule has 0 saturated heterocycles. The first-order valence-electron chi connectivity index (χ1n) is 9.27. The van der Waals surface area contributed by atoms with E-state index in [2.05, 4.69) is 42.4 Å². The third-order valence-electron chi connectivity index (χ3n) is 4.32. The van der Waals surface area contributed by atoms with Crippen molar-refractivity contribution in [1.29, 1.82) is 0 Å². The Bertz CT molecular complexity index is 664. The van der Waals surface area contributed by atoms with E-state index in [0.29, 0.717) is 6.54 Å². The number of hydrogen-bond donors (Lipinski definition) is 2. The van der Waals surface area contributed by atoms with Crippen LogP contribution in [0.1, 0.15) is 44.3 Å². The molecule has 0 amide bonds. The van der Waals surface area contributed by atoms with Gasteiger partial charge in [-0.3, -0.25) is 4.68 Å². The van der Waals surface area contributed by atoms with Gasteiger partial charge in [-0.25, -0.2) is 4.99 Å². The van der Waals surface area contributed by atoms with Gasteiger partial charge in [0, 0.05) is 45.0 Å². The Kier molecular flexibility index (Phi) is 8.86. The topological polar surface area (TPSA) is 85.0 Å². The van der Waals surface area contributed by atoms with Gasteiger partial charge < -0.3 is 15.2 Å². The maximum atomic E-state index is 4.68. The van der Waals surface area contributed by atoms with Gasteiger partial charge in [0.2, 0.25) is 0 Å². The number of aromatic nitrogens is 5. The summed E-state index contributed by atoms with van der Waals surface area (Å²) >= 11 is 0. The maximum absolute atomic E-state index is 4.68. The van der Waals surface area contributed by atoms with Gasteiger partial charge in [0.15, 0.2) is 11.8 Å². The van der Waals surface area contributed by atoms with Crippen LogP contribution in [0.2, 0.25) is 0 Å². The number of guanidine groups is 1. The molecule has 9 heteroatoms. The SMILES string of the molecule is CCNC(=NCc1nnc2n1CCCCC2)NCCCn1cccn1.I. The molecule has 0 fully saturated rings. The van der Waals surface area contributed by atoms with Crippen LogP contribution in [-0.2, 0) is 26.1 Å². The van der Waals surface area contributed by atoms with Crippen molar-refractivity contribution in [2.45, 2.75) is 58.7 Å². The molecule has 1 aliphatic heterocycles. The van der Waals surface area contributed by atoms with Gasteiger partial charge in [-0.1, -0.05) is 6.42 Å². The summed E-state index contributed by atoms with van der Waals surface area (Å²) in [5, 5.41) is 19.6. The Morgan fingerprint density at radius 1 is 1.23 bits per heavy atom. The normalized spacial score (nSPS) is 14.3. The van der Waals surface area contributed by atoms with Crippen LogP contribution in [0, 0.1) is 0 Å². The molecule has 26 heavy (non-hydrogen) atoms. The summed E-state index contributed by atoms with van der Waals surface area (Å²) < 4.78 is 4.19. The number of nitrogens with one attached hydrogen (secondary N) is 2. The molecule has 0 aromatic carbocycles. The van der Waals surface area contributed by atoms with Gasteiger partial charge in [-0.2, -0.15) is 5.10 Å². The van der Waals surface area contributed by atoms with Crippen LogP contribution in [0.5, 0.6) is 0 Å². The zero-order chi connectivity index (χ0) is 17.3. The van der Waals surface area contributed by atoms with Crippen LogP contribution < -0.4 is 10.6 Å². The number of fused-ring (bicyclic) bond motifs is 1. The molecule has 1 aliphatic rings. The number of hydrogen-bond acceptors (Lipinski definition) is 4. The van der Waals surface area contributed by atoms with Gasteiger partial charge in [0.25, 0.3) is 0 Å². The van der Waals surface area contributed by atoms with E-state index in [1.807, 2.05) is 16.9 Å². The first-order valence-corrected chi connectivity index (χ1v) is 9.27. The van der Waals surface area contributed by atoms with Gasteiger partial charge in [-0.05, 0) is 32.3 Å². The predicted molar refractivity (Wildman–Crippen MR) is 113 cm³/mol. The van der Waals surface area contributed by atoms with Crippen molar-refractivity contribution in [3.63, 3.8) is 0 Å². The average Bonchev–Trinajstić information content (AvgIpc) is 3.21. The standard InChI is InChI=1S/C17H28N8.HI/c1-2-18-17(19-9-6-11-24-12-7-10-21-24)20-14-16-23-22-15-8-4-3-5-13-25(15)16;/h7,10,12H,2-6,8-9,11,13-14H2,1H3,(H2,18,19,20);1H. The fraction of sp³-hybridized carbons (Fsp3) is 0.647. The third kappa shape index (κ3) is 5.96. The zero-order valence-corrected chi connectivity index (χ0v) is 17.7. The summed E-state index contributed by atoms with van der Waals surface area (Å²) in [5.41, 5.74) is 0. The second-order valence-corrected chi connectivity index (χ2v) is 6.24. The van der Waals surface area contributed by atoms with Crippen molar-refractivity contribution in [2.24, 2.45) is 4.99 Å². The van der Waals surface area contributed by atoms with Crippen LogP contribution in [0.4, 0.5) is 0 Å². The predicted octanol–water partition coefficient (Wildman–Crippen LogP) is 1.96. The van der Waals surface area contributed by atoms with Crippen LogP contribution in [0.15, 0.2) is 23.5 Å². The van der Waals surface area contributed by atoms with Crippen molar-refractivity contribution in [3.8, 4) is 0 Å². The third-order valence-corrected chi connectivity index (χ3v) is 4.32. The van der Waals surface area contributed by atoms with E-state index in [0.717, 1.165) is 56.6 Å². The quantitative estimate of drug-likeness (QED) is 0.279. The molecular weight excluding hydrogens is 443 g/mol. The molecule has 3 rings (SSSR count). The van der Waals surface area contributed by atoms with Gasteiger partial charge in [0.05, 0.1) is 0 Å². The van der Waals surface area contributed by atoms with Crippen molar-refractivity contribution >= 4 is 29.9 Å². The Morgan fingerprint density at radius 2 is 2.15 bits per heavy atom. The molecule has 0 unspecified atom stereocenters. The summed E-state index contributed by atoms with van der Waals surface area (Å²) in [6, 6.07) is 1.94. The minimum absolute atomic E-state index is 0. The fourth-order valence-electron chi connectivity index (χ4n) is 3.03. The highest BCUT2D eigenvalue weighted by atomic mass is 127. The molecule has 2 aromatic rings. The summed E-state index contributed by atoms with van der Waals surface area (Å²) in [7, 11) is 0. The molecule has 0 aliphatic carbocycles. The van der Waals surface area contributed by atoms with Crippen LogP contribution >= 0.6 is 24.0 Å². The molecule has 0 atom stereocenters. The minimum Gasteiger partial charge on any atom is -0.357 e. The molecule has 2 aromatic heterocycles. The fourth-order valence-corrected chi connectivity index (χ4v) is 3.03. The Morgan fingerprint density at radius 3 is 2.96 bits per heavy atom. The molecule has 2 N–H and O–H groups in total. The van der Waals surface area contributed by atoms with Crippen molar-refractivity contribution in [1.82, 2.24) is 35.2 Å². The largest absolute Gasteiger partial charge is 0.357 e. The monoisotopic (exact) mass is 472 g/mol. The van der Waals surface area contributed by atoms with Crippen molar-refractivity contribution < 1.29 is 0 Å². The van der Waals surface area contributed by atoms with Crippen LogP contribution in [0.25, 0.3) is 0 Å². The Balaban J connectivity index is 0.00000243. The van der Waals surface area contributed by atoms with E-state index < -0.39 is 0 Å². The molecule has 0 radical (unpaired) electrons. The van der Waals surface area contributed by atoms with E-state index in [-0.39, 0.29) is 24.0 Å². The lowest BCUT2D eigenvalue weighted by atomic mass is 10.2. The molecule has 0 bridgehead atoms. The summed E-state index contributed by atoms with van der Waals surface area (Å²) in [5.74, 6) is 2.90. The van der Waals surface area contributed by atoms with E-state index in [4.69, 9.17) is 0 Å². The first-order chi connectivity index (χ1) is 12.4. The van der Waals surface area contributed by atoms with Crippen molar-refractivity contribution in [3.05, 3.63) is 30.1 Å². The highest BCUT2D eigenvalue weighted by molar-refractivity contribution is 14.0. The Labute approximate surface area is 171 Å². The van der Waals surface area contributed by atoms with Crippen molar-refractivity contribution in [2.75, 3.05) is 13.1 Å². The Hall–Kier alpha value is -1.65. The summed E-state index contributed by atoms with van der Waals surface area (Å²) in [4.78, 5) is 4.68. The van der Waals surface area contributed by atoms with E-state index in [1.54, 1.807) is 6.20 Å². The summed E-state index contributed by atoms with van der Waals surface area (Å²) in [6.07, 6.45) is 9.49. The smallest absolute Gasteiger partial charge is 0.191 e. The zero-order valence-electron chi connectivity index (χ0n) is 15.4. The number of nitrogens with zero attached hydrogens (tertiary/aromatic N) is 6. The molecular formula is C17H29IN8. The molecule has 0 spiro atoms. The second kappa shape index (κ2) is 11.1. The number of rotatable bonds is 7. The van der Waals surface area contributed by atoms with E-state index in [1.165, 1.54) is 19.3 Å². The van der Waals surface area contributed by atoms with Gasteiger partial charge in [-0.15, -0.1) is 34.2 Å². The van der Waals surface area contributed by atoms with E-state index in [9.17, 15) is 0 Å². The molecule has 3 heterocycles. The second-order valence-electron chi connectivity index (χ2n) is 6.24. The minimum atomic E-state index is 0. The lowest BCUT2D eigenvalue weighted by Crippen LogP contribution is -2.38. The first kappa shape index (κ1) is 20.7. The molecule has 8 nitrogen and oxygen atoms in total. The molecule has 144 valence electrons. The van der Waals surface area contributed by atoms with Gasteiger partial charge in [0.1, 0.15) is 12.4 Å². The van der Waals surface area contributed by atoms with Crippen LogP contribution in [-0.4, -0.2) is 43.6 Å². The maximum Gasteiger partial charge on any atom is 0.191 e. The number of aryl methyl sites for hydroxylation is 2. The highest BCUT2D eigenvalue weighted by Gasteiger charge is 2.14. The highest BCUT2D eigenvalue weighted by Crippen LogP contribution is 2.14. The number of halogens is 1. The lowest BCUT2D eigenvalue weighted by Gasteiger charge is -2.11. The number of aliphatic imine (C=N–C) groups is 1. The molecule has 0 saturated carbocycles. The van der Waals surface area contributed by atoms with Crippen LogP contribution in [0.3, 0.4) is 0 Å². The summed E-state index contributed by atoms with van der Waals surface area (Å²) in [6.45, 7) is 6.23.